The van der Waals surface area contributed by atoms with Gasteiger partial charge in [-0.1, -0.05) is 49.1 Å². The van der Waals surface area contributed by atoms with E-state index in [4.69, 9.17) is 0 Å². The number of aryl methyl sites for hydroxylation is 1. The van der Waals surface area contributed by atoms with E-state index in [2.05, 4.69) is 36.1 Å². The molecule has 1 aliphatic carbocycles. The summed E-state index contributed by atoms with van der Waals surface area (Å²) in [6.45, 7) is 4.34. The van der Waals surface area contributed by atoms with E-state index in [-0.39, 0.29) is 5.54 Å². The minimum absolute atomic E-state index is 0.134. The predicted molar refractivity (Wildman–Crippen MR) is 86.5 cm³/mol. The van der Waals surface area contributed by atoms with E-state index >= 15 is 0 Å². The second-order valence-electron chi connectivity index (χ2n) is 6.87. The SMILES string of the molecule is Cc1ccc(CC(=O)C2(N3CCCCC3)CCCC2)cc1. The van der Waals surface area contributed by atoms with Crippen LogP contribution in [0.25, 0.3) is 0 Å². The van der Waals surface area contributed by atoms with Crippen molar-refractivity contribution in [1.82, 2.24) is 4.90 Å². The van der Waals surface area contributed by atoms with Crippen LogP contribution in [-0.4, -0.2) is 29.3 Å². The molecule has 0 radical (unpaired) electrons. The van der Waals surface area contributed by atoms with Gasteiger partial charge < -0.3 is 0 Å². The van der Waals surface area contributed by atoms with Gasteiger partial charge in [-0.15, -0.1) is 0 Å². The number of hydrogen-bond donors (Lipinski definition) is 0. The number of benzene rings is 1. The van der Waals surface area contributed by atoms with Crippen LogP contribution in [0, 0.1) is 6.92 Å². The Hall–Kier alpha value is -1.15. The summed E-state index contributed by atoms with van der Waals surface area (Å²) in [5, 5.41) is 0. The molecular weight excluding hydrogens is 258 g/mol. The first-order chi connectivity index (χ1) is 10.2. The van der Waals surface area contributed by atoms with Crippen LogP contribution < -0.4 is 0 Å². The number of carbonyl (C=O) groups excluding carboxylic acids is 1. The molecule has 0 spiro atoms. The van der Waals surface area contributed by atoms with Crippen molar-refractivity contribution >= 4 is 5.78 Å². The number of ketones is 1. The lowest BCUT2D eigenvalue weighted by atomic mass is 9.84. The zero-order valence-electron chi connectivity index (χ0n) is 13.2. The van der Waals surface area contributed by atoms with Crippen molar-refractivity contribution in [3.8, 4) is 0 Å². The summed E-state index contributed by atoms with van der Waals surface area (Å²) < 4.78 is 0. The molecule has 0 N–H and O–H groups in total. The van der Waals surface area contributed by atoms with Crippen LogP contribution in [0.15, 0.2) is 24.3 Å². The zero-order valence-corrected chi connectivity index (χ0v) is 13.2. The van der Waals surface area contributed by atoms with Crippen molar-refractivity contribution in [2.45, 2.75) is 63.8 Å². The third kappa shape index (κ3) is 3.06. The highest BCUT2D eigenvalue weighted by atomic mass is 16.1. The number of hydrogen-bond acceptors (Lipinski definition) is 2. The molecule has 2 aliphatic rings. The van der Waals surface area contributed by atoms with Gasteiger partial charge in [-0.25, -0.2) is 0 Å². The van der Waals surface area contributed by atoms with Crippen LogP contribution in [0.3, 0.4) is 0 Å². The van der Waals surface area contributed by atoms with Crippen LogP contribution in [0.5, 0.6) is 0 Å². The standard InChI is InChI=1S/C19H27NO/c1-16-7-9-17(10-8-16)15-18(21)19(11-3-4-12-19)20-13-5-2-6-14-20/h7-10H,2-6,11-15H2,1H3. The highest BCUT2D eigenvalue weighted by Gasteiger charge is 2.45. The largest absolute Gasteiger partial charge is 0.297 e. The predicted octanol–water partition coefficient (Wildman–Crippen LogP) is 3.91. The Morgan fingerprint density at radius 1 is 1.00 bits per heavy atom. The molecule has 114 valence electrons. The summed E-state index contributed by atoms with van der Waals surface area (Å²) >= 11 is 0. The minimum Gasteiger partial charge on any atom is -0.297 e. The molecule has 0 bridgehead atoms. The molecule has 0 amide bonds. The normalized spacial score (nSPS) is 22.3. The fourth-order valence-corrected chi connectivity index (χ4v) is 4.11. The van der Waals surface area contributed by atoms with Crippen molar-refractivity contribution in [2.75, 3.05) is 13.1 Å². The number of rotatable bonds is 4. The minimum atomic E-state index is -0.134. The lowest BCUT2D eigenvalue weighted by molar-refractivity contribution is -0.131. The van der Waals surface area contributed by atoms with E-state index in [1.54, 1.807) is 0 Å². The Labute approximate surface area is 128 Å². The van der Waals surface area contributed by atoms with Crippen LogP contribution in [0.4, 0.5) is 0 Å². The number of carbonyl (C=O) groups is 1. The van der Waals surface area contributed by atoms with Gasteiger partial charge in [0.25, 0.3) is 0 Å². The lowest BCUT2D eigenvalue weighted by Crippen LogP contribution is -2.55. The van der Waals surface area contributed by atoms with Crippen molar-refractivity contribution in [1.29, 1.82) is 0 Å². The summed E-state index contributed by atoms with van der Waals surface area (Å²) in [4.78, 5) is 15.6. The lowest BCUT2D eigenvalue weighted by Gasteiger charge is -2.42. The Bertz CT molecular complexity index is 479. The number of Topliss-reactive ketones (excluding diaryl/α,β-unsaturated/α-hetero) is 1. The highest BCUT2D eigenvalue weighted by molar-refractivity contribution is 5.90. The maximum atomic E-state index is 13.1. The van der Waals surface area contributed by atoms with Gasteiger partial charge in [0.05, 0.1) is 5.54 Å². The summed E-state index contributed by atoms with van der Waals surface area (Å²) in [6.07, 6.45) is 9.07. The average molecular weight is 285 g/mol. The summed E-state index contributed by atoms with van der Waals surface area (Å²) in [6, 6.07) is 8.47. The molecule has 1 aromatic rings. The summed E-state index contributed by atoms with van der Waals surface area (Å²) in [7, 11) is 0. The Morgan fingerprint density at radius 3 is 2.24 bits per heavy atom. The molecular formula is C19H27NO. The first-order valence-corrected chi connectivity index (χ1v) is 8.55. The smallest absolute Gasteiger partial charge is 0.157 e. The third-order valence-corrected chi connectivity index (χ3v) is 5.40. The second kappa shape index (κ2) is 6.31. The second-order valence-corrected chi connectivity index (χ2v) is 6.87. The molecule has 1 aromatic carbocycles. The van der Waals surface area contributed by atoms with Gasteiger partial charge >= 0.3 is 0 Å². The monoisotopic (exact) mass is 285 g/mol. The van der Waals surface area contributed by atoms with Gasteiger partial charge in [0, 0.05) is 6.42 Å². The quantitative estimate of drug-likeness (QED) is 0.836. The van der Waals surface area contributed by atoms with E-state index in [1.807, 2.05) is 0 Å². The van der Waals surface area contributed by atoms with Gasteiger partial charge in [-0.05, 0) is 51.3 Å². The first kappa shape index (κ1) is 14.8. The maximum absolute atomic E-state index is 13.1. The van der Waals surface area contributed by atoms with Crippen molar-refractivity contribution in [3.05, 3.63) is 35.4 Å². The van der Waals surface area contributed by atoms with E-state index < -0.39 is 0 Å². The first-order valence-electron chi connectivity index (χ1n) is 8.55. The molecule has 1 heterocycles. The maximum Gasteiger partial charge on any atom is 0.157 e. The third-order valence-electron chi connectivity index (χ3n) is 5.40. The molecule has 1 saturated heterocycles. The van der Waals surface area contributed by atoms with Crippen molar-refractivity contribution in [3.63, 3.8) is 0 Å². The van der Waals surface area contributed by atoms with Crippen LogP contribution in [0.1, 0.15) is 56.1 Å². The summed E-state index contributed by atoms with van der Waals surface area (Å²) in [5.74, 6) is 0.464. The van der Waals surface area contributed by atoms with Gasteiger partial charge in [0.15, 0.2) is 5.78 Å². The molecule has 1 aliphatic heterocycles. The Kier molecular flexibility index (Phi) is 4.44. The molecule has 2 fully saturated rings. The van der Waals surface area contributed by atoms with E-state index in [0.29, 0.717) is 12.2 Å². The van der Waals surface area contributed by atoms with Gasteiger partial charge in [0.2, 0.25) is 0 Å². The number of nitrogens with zero attached hydrogens (tertiary/aromatic N) is 1. The molecule has 0 aromatic heterocycles. The van der Waals surface area contributed by atoms with Crippen LogP contribution in [-0.2, 0) is 11.2 Å². The molecule has 0 unspecified atom stereocenters. The molecule has 21 heavy (non-hydrogen) atoms. The van der Waals surface area contributed by atoms with E-state index in [0.717, 1.165) is 25.9 Å². The van der Waals surface area contributed by atoms with Crippen molar-refractivity contribution in [2.24, 2.45) is 0 Å². The topological polar surface area (TPSA) is 20.3 Å². The van der Waals surface area contributed by atoms with Gasteiger partial charge in [-0.3, -0.25) is 9.69 Å². The summed E-state index contributed by atoms with van der Waals surface area (Å²) in [5.41, 5.74) is 2.30. The van der Waals surface area contributed by atoms with Gasteiger partial charge in [0.1, 0.15) is 0 Å². The average Bonchev–Trinajstić information content (AvgIpc) is 3.01. The molecule has 2 nitrogen and oxygen atoms in total. The fourth-order valence-electron chi connectivity index (χ4n) is 4.11. The number of piperidine rings is 1. The van der Waals surface area contributed by atoms with Crippen molar-refractivity contribution < 1.29 is 4.79 Å². The molecule has 2 heteroatoms. The highest BCUT2D eigenvalue weighted by Crippen LogP contribution is 2.38. The van der Waals surface area contributed by atoms with E-state index in [9.17, 15) is 4.79 Å². The fraction of sp³-hybridized carbons (Fsp3) is 0.632. The molecule has 0 atom stereocenters. The Morgan fingerprint density at radius 2 is 1.62 bits per heavy atom. The van der Waals surface area contributed by atoms with Crippen LogP contribution in [0.2, 0.25) is 0 Å². The van der Waals surface area contributed by atoms with Crippen LogP contribution >= 0.6 is 0 Å². The Balaban J connectivity index is 1.76. The molecule has 1 saturated carbocycles. The molecule has 3 rings (SSSR count). The zero-order chi connectivity index (χ0) is 14.7. The number of likely N-dealkylation sites (tertiary alicyclic amines) is 1. The van der Waals surface area contributed by atoms with E-state index in [1.165, 1.54) is 43.2 Å². The van der Waals surface area contributed by atoms with Gasteiger partial charge in [-0.2, -0.15) is 0 Å².